The van der Waals surface area contributed by atoms with Gasteiger partial charge in [0.1, 0.15) is 5.75 Å². The van der Waals surface area contributed by atoms with Gasteiger partial charge in [-0.1, -0.05) is 33.6 Å². The van der Waals surface area contributed by atoms with Crippen LogP contribution >= 0.6 is 27.5 Å². The Labute approximate surface area is 121 Å². The van der Waals surface area contributed by atoms with Gasteiger partial charge in [-0.15, -0.1) is 0 Å². The van der Waals surface area contributed by atoms with E-state index in [1.807, 2.05) is 0 Å². The first-order chi connectivity index (χ1) is 8.97. The molecular weight excluding hydrogens is 338 g/mol. The van der Waals surface area contributed by atoms with E-state index >= 15 is 0 Å². The summed E-state index contributed by atoms with van der Waals surface area (Å²) in [7, 11) is 0. The fraction of sp³-hybridized carbons (Fsp3) is 0. The number of halogens is 3. The lowest BCUT2D eigenvalue weighted by Gasteiger charge is -2.08. The van der Waals surface area contributed by atoms with Crippen LogP contribution in [-0.4, -0.2) is 11.1 Å². The number of ether oxygens (including phenoxy) is 1. The average molecular weight is 346 g/mol. The fourth-order valence-corrected chi connectivity index (χ4v) is 2.07. The van der Waals surface area contributed by atoms with Gasteiger partial charge in [-0.25, -0.2) is 9.18 Å². The molecule has 0 saturated carbocycles. The topological polar surface area (TPSA) is 46.5 Å². The number of rotatable bonds is 3. The van der Waals surface area contributed by atoms with E-state index in [1.165, 1.54) is 36.4 Å². The maximum absolute atomic E-state index is 13.7. The van der Waals surface area contributed by atoms with Crippen LogP contribution in [0.2, 0.25) is 5.02 Å². The number of carboxylic acids is 1. The van der Waals surface area contributed by atoms with Crippen molar-refractivity contribution in [3.8, 4) is 11.5 Å². The number of hydrogen-bond acceptors (Lipinski definition) is 2. The first-order valence-corrected chi connectivity index (χ1v) is 6.30. The molecule has 98 valence electrons. The Morgan fingerprint density at radius 2 is 2.05 bits per heavy atom. The number of carboxylic acid groups (broad SMARTS) is 1. The highest BCUT2D eigenvalue weighted by molar-refractivity contribution is 9.10. The van der Waals surface area contributed by atoms with Crippen molar-refractivity contribution in [1.29, 1.82) is 0 Å². The van der Waals surface area contributed by atoms with Crippen LogP contribution in [0.1, 0.15) is 10.4 Å². The van der Waals surface area contributed by atoms with Gasteiger partial charge in [0, 0.05) is 4.47 Å². The van der Waals surface area contributed by atoms with Crippen molar-refractivity contribution < 1.29 is 19.0 Å². The average Bonchev–Trinajstić information content (AvgIpc) is 2.34. The number of benzene rings is 2. The Morgan fingerprint density at radius 3 is 2.74 bits per heavy atom. The van der Waals surface area contributed by atoms with Crippen molar-refractivity contribution >= 4 is 33.5 Å². The summed E-state index contributed by atoms with van der Waals surface area (Å²) < 4.78 is 19.5. The molecule has 0 heterocycles. The fourth-order valence-electron chi connectivity index (χ4n) is 1.43. The molecule has 0 unspecified atom stereocenters. The molecule has 0 aliphatic heterocycles. The molecule has 3 nitrogen and oxygen atoms in total. The van der Waals surface area contributed by atoms with Gasteiger partial charge in [-0.3, -0.25) is 0 Å². The van der Waals surface area contributed by atoms with Gasteiger partial charge in [0.05, 0.1) is 10.6 Å². The molecule has 0 saturated heterocycles. The van der Waals surface area contributed by atoms with E-state index in [0.29, 0.717) is 4.47 Å². The third-order valence-corrected chi connectivity index (χ3v) is 3.01. The predicted molar refractivity (Wildman–Crippen MR) is 72.6 cm³/mol. The molecule has 2 aromatic carbocycles. The van der Waals surface area contributed by atoms with Crippen molar-refractivity contribution in [2.75, 3.05) is 0 Å². The van der Waals surface area contributed by atoms with Crippen molar-refractivity contribution in [1.82, 2.24) is 0 Å². The minimum atomic E-state index is -1.10. The largest absolute Gasteiger partial charge is 0.478 e. The summed E-state index contributed by atoms with van der Waals surface area (Å²) in [5.74, 6) is -1.66. The molecule has 2 rings (SSSR count). The minimum Gasteiger partial charge on any atom is -0.478 e. The van der Waals surface area contributed by atoms with Gasteiger partial charge in [0.15, 0.2) is 11.6 Å². The standard InChI is InChI=1S/C13H7BrClFO3/c14-8-4-7(13(17)18)5-9(6-8)19-11-3-1-2-10(15)12(11)16/h1-6H,(H,17,18). The van der Waals surface area contributed by atoms with Crippen LogP contribution in [0.5, 0.6) is 11.5 Å². The normalized spacial score (nSPS) is 10.3. The first kappa shape index (κ1) is 13.8. The summed E-state index contributed by atoms with van der Waals surface area (Å²) in [4.78, 5) is 10.9. The molecule has 1 N–H and O–H groups in total. The Hall–Kier alpha value is -1.59. The molecule has 0 fully saturated rings. The van der Waals surface area contributed by atoms with Gasteiger partial charge in [-0.05, 0) is 30.3 Å². The molecule has 0 aromatic heterocycles. The highest BCUT2D eigenvalue weighted by Crippen LogP contribution is 2.30. The van der Waals surface area contributed by atoms with Gasteiger partial charge in [0.25, 0.3) is 0 Å². The van der Waals surface area contributed by atoms with Gasteiger partial charge in [-0.2, -0.15) is 0 Å². The molecule has 0 aliphatic rings. The van der Waals surface area contributed by atoms with E-state index in [2.05, 4.69) is 15.9 Å². The summed E-state index contributed by atoms with van der Waals surface area (Å²) in [6, 6.07) is 8.59. The van der Waals surface area contributed by atoms with Crippen molar-refractivity contribution in [2.24, 2.45) is 0 Å². The summed E-state index contributed by atoms with van der Waals surface area (Å²) in [5.41, 5.74) is 0.0341. The quantitative estimate of drug-likeness (QED) is 0.874. The van der Waals surface area contributed by atoms with Crippen LogP contribution in [0.15, 0.2) is 40.9 Å². The smallest absolute Gasteiger partial charge is 0.335 e. The molecule has 19 heavy (non-hydrogen) atoms. The number of aromatic carboxylic acids is 1. The molecule has 0 bridgehead atoms. The molecule has 0 spiro atoms. The van der Waals surface area contributed by atoms with Crippen LogP contribution in [0, 0.1) is 5.82 Å². The van der Waals surface area contributed by atoms with E-state index < -0.39 is 11.8 Å². The van der Waals surface area contributed by atoms with Crippen LogP contribution in [0.4, 0.5) is 4.39 Å². The van der Waals surface area contributed by atoms with Crippen LogP contribution in [0.3, 0.4) is 0 Å². The molecule has 0 amide bonds. The monoisotopic (exact) mass is 344 g/mol. The van der Waals surface area contributed by atoms with Gasteiger partial charge >= 0.3 is 5.97 Å². The molecular formula is C13H7BrClFO3. The Kier molecular flexibility index (Phi) is 4.07. The third-order valence-electron chi connectivity index (χ3n) is 2.26. The summed E-state index contributed by atoms with van der Waals surface area (Å²) in [6.45, 7) is 0. The molecule has 0 radical (unpaired) electrons. The van der Waals surface area contributed by atoms with Gasteiger partial charge < -0.3 is 9.84 Å². The van der Waals surface area contributed by atoms with E-state index in [9.17, 15) is 9.18 Å². The van der Waals surface area contributed by atoms with E-state index in [-0.39, 0.29) is 22.1 Å². The van der Waals surface area contributed by atoms with Crippen LogP contribution < -0.4 is 4.74 Å². The Bertz CT molecular complexity index is 646. The van der Waals surface area contributed by atoms with Gasteiger partial charge in [0.2, 0.25) is 0 Å². The second-order valence-electron chi connectivity index (χ2n) is 3.63. The van der Waals surface area contributed by atoms with Crippen LogP contribution in [-0.2, 0) is 0 Å². The highest BCUT2D eigenvalue weighted by Gasteiger charge is 2.11. The highest BCUT2D eigenvalue weighted by atomic mass is 79.9. The van der Waals surface area contributed by atoms with Crippen LogP contribution in [0.25, 0.3) is 0 Å². The number of carbonyl (C=O) groups is 1. The maximum Gasteiger partial charge on any atom is 0.335 e. The summed E-state index contributed by atoms with van der Waals surface area (Å²) >= 11 is 8.80. The van der Waals surface area contributed by atoms with E-state index in [4.69, 9.17) is 21.4 Å². The minimum absolute atomic E-state index is 0.0341. The second-order valence-corrected chi connectivity index (χ2v) is 4.96. The molecule has 2 aromatic rings. The molecule has 6 heteroatoms. The predicted octanol–water partition coefficient (Wildman–Crippen LogP) is 4.73. The SMILES string of the molecule is O=C(O)c1cc(Br)cc(Oc2cccc(Cl)c2F)c1. The first-order valence-electron chi connectivity index (χ1n) is 5.13. The van der Waals surface area contributed by atoms with Crippen molar-refractivity contribution in [3.63, 3.8) is 0 Å². The Balaban J connectivity index is 2.38. The molecule has 0 atom stereocenters. The zero-order valence-corrected chi connectivity index (χ0v) is 11.7. The Morgan fingerprint density at radius 1 is 1.32 bits per heavy atom. The van der Waals surface area contributed by atoms with Crippen molar-refractivity contribution in [2.45, 2.75) is 0 Å². The lowest BCUT2D eigenvalue weighted by molar-refractivity contribution is 0.0696. The zero-order valence-electron chi connectivity index (χ0n) is 9.36. The lowest BCUT2D eigenvalue weighted by atomic mass is 10.2. The number of hydrogen-bond donors (Lipinski definition) is 1. The summed E-state index contributed by atoms with van der Waals surface area (Å²) in [5, 5.41) is 8.86. The molecule has 0 aliphatic carbocycles. The van der Waals surface area contributed by atoms with Crippen molar-refractivity contribution in [3.05, 3.63) is 57.3 Å². The lowest BCUT2D eigenvalue weighted by Crippen LogP contribution is -1.97. The second kappa shape index (κ2) is 5.59. The summed E-state index contributed by atoms with van der Waals surface area (Å²) in [6.07, 6.45) is 0. The maximum atomic E-state index is 13.7. The van der Waals surface area contributed by atoms with E-state index in [0.717, 1.165) is 0 Å². The third kappa shape index (κ3) is 3.24. The zero-order chi connectivity index (χ0) is 14.0. The van der Waals surface area contributed by atoms with E-state index in [1.54, 1.807) is 0 Å².